The van der Waals surface area contributed by atoms with Crippen LogP contribution in [0.4, 0.5) is 0 Å². The van der Waals surface area contributed by atoms with Gasteiger partial charge < -0.3 is 19.9 Å². The van der Waals surface area contributed by atoms with Crippen LogP contribution in [0.15, 0.2) is 0 Å². The molecule has 0 aliphatic rings. The van der Waals surface area contributed by atoms with Gasteiger partial charge in [0.15, 0.2) is 0 Å². The van der Waals surface area contributed by atoms with Gasteiger partial charge in [-0.2, -0.15) is 0 Å². The monoisotopic (exact) mass is 247 g/mol. The van der Waals surface area contributed by atoms with Crippen LogP contribution in [0, 0.1) is 0 Å². The highest BCUT2D eigenvalue weighted by molar-refractivity contribution is 6.46. The minimum absolute atomic E-state index is 0.384. The molecule has 0 aromatic heterocycles. The van der Waals surface area contributed by atoms with E-state index in [0.29, 0.717) is 5.67 Å². The Morgan fingerprint density at radius 2 is 1.75 bits per heavy atom. The zero-order valence-electron chi connectivity index (χ0n) is 10.9. The predicted octanol–water partition coefficient (Wildman–Crippen LogP) is 1.19. The minimum Gasteiger partial charge on any atom is -0.396 e. The van der Waals surface area contributed by atoms with E-state index >= 15 is 0 Å². The van der Waals surface area contributed by atoms with E-state index in [1.54, 1.807) is 14.2 Å². The maximum Gasteiger partial charge on any atom is 0.402 e. The van der Waals surface area contributed by atoms with E-state index < -0.39 is 9.28 Å². The van der Waals surface area contributed by atoms with Crippen LogP contribution < -0.4 is 11.1 Å². The summed E-state index contributed by atoms with van der Waals surface area (Å²) in [4.78, 5) is 0. The lowest BCUT2D eigenvalue weighted by atomic mass is 10.2. The van der Waals surface area contributed by atoms with Gasteiger partial charge in [0, 0.05) is 14.2 Å². The molecule has 0 rings (SSSR count). The Morgan fingerprint density at radius 1 is 1.12 bits per heavy atom. The summed E-state index contributed by atoms with van der Waals surface area (Å²) in [6.45, 7) is 4.02. The quantitative estimate of drug-likeness (QED) is 0.425. The van der Waals surface area contributed by atoms with Gasteiger partial charge in [-0.1, -0.05) is 19.8 Å². The molecular formula is C11H27N2O2Si. The molecule has 0 aromatic rings. The second kappa shape index (κ2) is 11.5. The van der Waals surface area contributed by atoms with Gasteiger partial charge in [-0.3, -0.25) is 0 Å². The molecule has 0 bridgehead atoms. The molecular weight excluding hydrogens is 220 g/mol. The van der Waals surface area contributed by atoms with Crippen LogP contribution in [0.25, 0.3) is 0 Å². The minimum atomic E-state index is -1.14. The maximum atomic E-state index is 5.44. The van der Waals surface area contributed by atoms with E-state index in [-0.39, 0.29) is 0 Å². The van der Waals surface area contributed by atoms with Gasteiger partial charge in [-0.15, -0.1) is 0 Å². The first-order valence-electron chi connectivity index (χ1n) is 6.18. The van der Waals surface area contributed by atoms with Gasteiger partial charge in [0.25, 0.3) is 0 Å². The molecule has 0 aromatic carbocycles. The third-order valence-electron chi connectivity index (χ3n) is 2.62. The summed E-state index contributed by atoms with van der Waals surface area (Å²) >= 11 is 0. The third kappa shape index (κ3) is 7.35. The molecule has 0 heterocycles. The van der Waals surface area contributed by atoms with Crippen molar-refractivity contribution < 1.29 is 8.85 Å². The standard InChI is InChI=1S/C11H27N2O2Si/c1-4-11(16(14-2)15-3)13-10-8-6-5-7-9-12/h11,13H,4-10,12H2,1-3H3. The van der Waals surface area contributed by atoms with Crippen molar-refractivity contribution in [3.63, 3.8) is 0 Å². The number of rotatable bonds is 11. The van der Waals surface area contributed by atoms with Crippen LogP contribution in [0.5, 0.6) is 0 Å². The van der Waals surface area contributed by atoms with Crippen molar-refractivity contribution in [3.05, 3.63) is 0 Å². The van der Waals surface area contributed by atoms with Crippen LogP contribution in [0.1, 0.15) is 39.0 Å². The SMILES string of the molecule is CCC(NCCCCCCN)[Si](OC)OC. The molecule has 3 N–H and O–H groups in total. The Kier molecular flexibility index (Phi) is 11.6. The summed E-state index contributed by atoms with van der Waals surface area (Å²) in [5.41, 5.74) is 5.83. The van der Waals surface area contributed by atoms with Gasteiger partial charge in [-0.25, -0.2) is 0 Å². The maximum absolute atomic E-state index is 5.44. The average Bonchev–Trinajstić information content (AvgIpc) is 2.32. The summed E-state index contributed by atoms with van der Waals surface area (Å²) in [6, 6.07) is 0. The zero-order valence-corrected chi connectivity index (χ0v) is 11.9. The van der Waals surface area contributed by atoms with Crippen LogP contribution in [0.2, 0.25) is 0 Å². The van der Waals surface area contributed by atoms with Gasteiger partial charge in [-0.05, 0) is 32.4 Å². The lowest BCUT2D eigenvalue weighted by molar-refractivity contribution is 0.257. The molecule has 0 spiro atoms. The molecule has 0 fully saturated rings. The molecule has 1 unspecified atom stereocenters. The second-order valence-electron chi connectivity index (χ2n) is 3.85. The van der Waals surface area contributed by atoms with E-state index in [2.05, 4.69) is 12.2 Å². The summed E-state index contributed by atoms with van der Waals surface area (Å²) in [5.74, 6) is 0. The molecule has 0 saturated heterocycles. The van der Waals surface area contributed by atoms with Gasteiger partial charge in [0.1, 0.15) is 0 Å². The highest BCUT2D eigenvalue weighted by Crippen LogP contribution is 2.02. The fourth-order valence-corrected chi connectivity index (χ4v) is 3.04. The summed E-state index contributed by atoms with van der Waals surface area (Å²) in [5, 5.41) is 3.51. The highest BCUT2D eigenvalue weighted by Gasteiger charge is 2.23. The van der Waals surface area contributed by atoms with Crippen molar-refractivity contribution in [2.24, 2.45) is 5.73 Å². The Morgan fingerprint density at radius 3 is 2.25 bits per heavy atom. The molecule has 0 aliphatic carbocycles. The van der Waals surface area contributed by atoms with Gasteiger partial charge >= 0.3 is 9.28 Å². The van der Waals surface area contributed by atoms with E-state index in [9.17, 15) is 0 Å². The Labute approximate surface area is 102 Å². The zero-order chi connectivity index (χ0) is 12.2. The first kappa shape index (κ1) is 16.1. The Balaban J connectivity index is 3.54. The number of unbranched alkanes of at least 4 members (excludes halogenated alkanes) is 3. The molecule has 16 heavy (non-hydrogen) atoms. The highest BCUT2D eigenvalue weighted by atomic mass is 28.3. The van der Waals surface area contributed by atoms with Crippen molar-refractivity contribution in [1.29, 1.82) is 0 Å². The molecule has 97 valence electrons. The van der Waals surface area contributed by atoms with Crippen LogP contribution >= 0.6 is 0 Å². The third-order valence-corrected chi connectivity index (χ3v) is 4.60. The lowest BCUT2D eigenvalue weighted by Crippen LogP contribution is -2.45. The number of nitrogens with two attached hydrogens (primary N) is 1. The van der Waals surface area contributed by atoms with E-state index in [0.717, 1.165) is 25.9 Å². The Hall–Kier alpha value is 0.0569. The molecule has 0 aliphatic heterocycles. The molecule has 0 amide bonds. The first-order chi connectivity index (χ1) is 7.79. The van der Waals surface area contributed by atoms with Crippen molar-refractivity contribution in [3.8, 4) is 0 Å². The lowest BCUT2D eigenvalue weighted by Gasteiger charge is -2.21. The van der Waals surface area contributed by atoms with Crippen molar-refractivity contribution >= 4 is 9.28 Å². The molecule has 1 radical (unpaired) electrons. The van der Waals surface area contributed by atoms with E-state index in [4.69, 9.17) is 14.6 Å². The smallest absolute Gasteiger partial charge is 0.396 e. The van der Waals surface area contributed by atoms with Crippen LogP contribution in [-0.4, -0.2) is 42.3 Å². The summed E-state index contributed by atoms with van der Waals surface area (Å²) in [6.07, 6.45) is 5.89. The molecule has 0 saturated carbocycles. The van der Waals surface area contributed by atoms with Crippen LogP contribution in [-0.2, 0) is 8.85 Å². The largest absolute Gasteiger partial charge is 0.402 e. The fraction of sp³-hybridized carbons (Fsp3) is 1.00. The van der Waals surface area contributed by atoms with E-state index in [1.165, 1.54) is 19.3 Å². The first-order valence-corrected chi connectivity index (χ1v) is 7.57. The second-order valence-corrected chi connectivity index (χ2v) is 6.00. The topological polar surface area (TPSA) is 56.5 Å². The number of nitrogens with one attached hydrogen (secondary N) is 1. The van der Waals surface area contributed by atoms with Gasteiger partial charge in [0.05, 0.1) is 5.67 Å². The Bertz CT molecular complexity index is 146. The van der Waals surface area contributed by atoms with Crippen molar-refractivity contribution in [2.75, 3.05) is 27.3 Å². The normalized spacial score (nSPS) is 13.3. The fourth-order valence-electron chi connectivity index (χ4n) is 1.66. The average molecular weight is 247 g/mol. The van der Waals surface area contributed by atoms with Crippen molar-refractivity contribution in [2.45, 2.75) is 44.7 Å². The molecule has 5 heteroatoms. The molecule has 4 nitrogen and oxygen atoms in total. The summed E-state index contributed by atoms with van der Waals surface area (Å²) < 4.78 is 10.7. The summed E-state index contributed by atoms with van der Waals surface area (Å²) in [7, 11) is 2.31. The number of hydrogen-bond acceptors (Lipinski definition) is 4. The van der Waals surface area contributed by atoms with Crippen molar-refractivity contribution in [1.82, 2.24) is 5.32 Å². The van der Waals surface area contributed by atoms with Crippen LogP contribution in [0.3, 0.4) is 0 Å². The number of hydrogen-bond donors (Lipinski definition) is 2. The molecule has 1 atom stereocenters. The van der Waals surface area contributed by atoms with E-state index in [1.807, 2.05) is 0 Å². The predicted molar refractivity (Wildman–Crippen MR) is 69.4 cm³/mol. The van der Waals surface area contributed by atoms with Gasteiger partial charge in [0.2, 0.25) is 0 Å².